The SMILES string of the molecule is C=CCOc1ccc(-c2nnc(CCC(=O)NCCOc3ccccc3)c(=O)[nH]2)cc1OC. The van der Waals surface area contributed by atoms with E-state index in [1.165, 1.54) is 7.11 Å². The number of rotatable bonds is 12. The second-order valence-corrected chi connectivity index (χ2v) is 6.93. The predicted molar refractivity (Wildman–Crippen MR) is 124 cm³/mol. The fourth-order valence-corrected chi connectivity index (χ4v) is 2.93. The van der Waals surface area contributed by atoms with E-state index < -0.39 is 5.56 Å². The van der Waals surface area contributed by atoms with Gasteiger partial charge in [-0.05, 0) is 30.3 Å². The Labute approximate surface area is 191 Å². The van der Waals surface area contributed by atoms with Gasteiger partial charge in [-0.2, -0.15) is 0 Å². The Bertz CT molecular complexity index is 1130. The molecule has 0 saturated heterocycles. The van der Waals surface area contributed by atoms with Gasteiger partial charge in [0.25, 0.3) is 5.56 Å². The van der Waals surface area contributed by atoms with Gasteiger partial charge in [0, 0.05) is 18.4 Å². The molecule has 1 heterocycles. The summed E-state index contributed by atoms with van der Waals surface area (Å²) in [6.07, 6.45) is 1.92. The summed E-state index contributed by atoms with van der Waals surface area (Å²) in [7, 11) is 1.52. The number of benzene rings is 2. The molecule has 0 aliphatic heterocycles. The Morgan fingerprint density at radius 2 is 1.94 bits per heavy atom. The quantitative estimate of drug-likeness (QED) is 0.322. The molecule has 0 aliphatic carbocycles. The molecule has 0 aliphatic rings. The molecule has 3 rings (SSSR count). The molecule has 33 heavy (non-hydrogen) atoms. The van der Waals surface area contributed by atoms with E-state index in [9.17, 15) is 9.59 Å². The van der Waals surface area contributed by atoms with Crippen molar-refractivity contribution in [2.75, 3.05) is 26.9 Å². The molecule has 9 heteroatoms. The van der Waals surface area contributed by atoms with E-state index in [0.29, 0.717) is 42.6 Å². The van der Waals surface area contributed by atoms with Crippen LogP contribution in [0.5, 0.6) is 17.2 Å². The molecule has 0 spiro atoms. The molecule has 0 atom stereocenters. The molecule has 172 valence electrons. The highest BCUT2D eigenvalue weighted by Crippen LogP contribution is 2.31. The minimum Gasteiger partial charge on any atom is -0.493 e. The first-order chi connectivity index (χ1) is 16.1. The minimum absolute atomic E-state index is 0.117. The number of nitrogens with one attached hydrogen (secondary N) is 2. The van der Waals surface area contributed by atoms with E-state index in [2.05, 4.69) is 27.1 Å². The lowest BCUT2D eigenvalue weighted by Crippen LogP contribution is -2.29. The van der Waals surface area contributed by atoms with Crippen LogP contribution in [-0.2, 0) is 11.2 Å². The van der Waals surface area contributed by atoms with Crippen molar-refractivity contribution in [2.45, 2.75) is 12.8 Å². The van der Waals surface area contributed by atoms with Crippen LogP contribution in [0.4, 0.5) is 0 Å². The third-order valence-electron chi connectivity index (χ3n) is 4.58. The Balaban J connectivity index is 1.52. The van der Waals surface area contributed by atoms with Gasteiger partial charge in [-0.15, -0.1) is 10.2 Å². The van der Waals surface area contributed by atoms with Crippen molar-refractivity contribution in [2.24, 2.45) is 0 Å². The summed E-state index contributed by atoms with van der Waals surface area (Å²) in [5, 5.41) is 10.9. The maximum absolute atomic E-state index is 12.4. The molecule has 1 aromatic heterocycles. The number of ether oxygens (including phenoxy) is 3. The van der Waals surface area contributed by atoms with E-state index in [0.717, 1.165) is 5.75 Å². The van der Waals surface area contributed by atoms with Crippen LogP contribution in [0, 0.1) is 0 Å². The second-order valence-electron chi connectivity index (χ2n) is 6.93. The maximum Gasteiger partial charge on any atom is 0.273 e. The van der Waals surface area contributed by atoms with Crippen molar-refractivity contribution in [1.82, 2.24) is 20.5 Å². The van der Waals surface area contributed by atoms with Gasteiger partial charge in [-0.1, -0.05) is 30.9 Å². The molecular weight excluding hydrogens is 424 g/mol. The monoisotopic (exact) mass is 450 g/mol. The van der Waals surface area contributed by atoms with Gasteiger partial charge in [-0.3, -0.25) is 9.59 Å². The summed E-state index contributed by atoms with van der Waals surface area (Å²) in [6, 6.07) is 14.5. The standard InChI is InChI=1S/C24H26N4O5/c1-3-14-33-20-11-9-17(16-21(20)31-2)23-26-24(30)19(27-28-23)10-12-22(29)25-13-15-32-18-7-5-4-6-8-18/h3-9,11,16H,1,10,12-15H2,2H3,(H,25,29)(H,26,28,30). The average Bonchev–Trinajstić information content (AvgIpc) is 2.85. The zero-order chi connectivity index (χ0) is 23.5. The molecule has 2 aromatic carbocycles. The smallest absolute Gasteiger partial charge is 0.273 e. The van der Waals surface area contributed by atoms with Gasteiger partial charge in [-0.25, -0.2) is 0 Å². The van der Waals surface area contributed by atoms with Gasteiger partial charge in [0.2, 0.25) is 5.91 Å². The first kappa shape index (κ1) is 23.5. The van der Waals surface area contributed by atoms with Crippen LogP contribution >= 0.6 is 0 Å². The molecule has 0 saturated carbocycles. The first-order valence-corrected chi connectivity index (χ1v) is 10.4. The van der Waals surface area contributed by atoms with E-state index in [1.807, 2.05) is 30.3 Å². The molecule has 9 nitrogen and oxygen atoms in total. The number of aromatic nitrogens is 3. The van der Waals surface area contributed by atoms with Crippen molar-refractivity contribution in [3.63, 3.8) is 0 Å². The van der Waals surface area contributed by atoms with Crippen LogP contribution in [0.2, 0.25) is 0 Å². The normalized spacial score (nSPS) is 10.3. The number of carbonyl (C=O) groups excluding carboxylic acids is 1. The third kappa shape index (κ3) is 6.93. The van der Waals surface area contributed by atoms with Crippen molar-refractivity contribution in [3.05, 3.63) is 77.2 Å². The van der Waals surface area contributed by atoms with E-state index in [1.54, 1.807) is 24.3 Å². The van der Waals surface area contributed by atoms with Gasteiger partial charge in [0.15, 0.2) is 17.3 Å². The summed E-state index contributed by atoms with van der Waals surface area (Å²) in [5.41, 5.74) is 0.406. The highest BCUT2D eigenvalue weighted by molar-refractivity contribution is 5.76. The van der Waals surface area contributed by atoms with Gasteiger partial charge < -0.3 is 24.5 Å². The van der Waals surface area contributed by atoms with Crippen LogP contribution in [-0.4, -0.2) is 48.0 Å². The molecule has 0 fully saturated rings. The van der Waals surface area contributed by atoms with Crippen molar-refractivity contribution in [3.8, 4) is 28.6 Å². The van der Waals surface area contributed by atoms with Gasteiger partial charge in [0.05, 0.1) is 13.7 Å². The Kier molecular flexibility index (Phi) is 8.58. The lowest BCUT2D eigenvalue weighted by Gasteiger charge is -2.10. The second kappa shape index (κ2) is 12.0. The number of aryl methyl sites for hydroxylation is 1. The Morgan fingerprint density at radius 3 is 2.67 bits per heavy atom. The van der Waals surface area contributed by atoms with Crippen LogP contribution in [0.3, 0.4) is 0 Å². The maximum atomic E-state index is 12.4. The van der Waals surface area contributed by atoms with Gasteiger partial charge in [0.1, 0.15) is 24.7 Å². The zero-order valence-corrected chi connectivity index (χ0v) is 18.4. The molecule has 0 radical (unpaired) electrons. The Hall–Kier alpha value is -4.14. The number of carbonyl (C=O) groups is 1. The minimum atomic E-state index is -0.397. The number of H-pyrrole nitrogens is 1. The van der Waals surface area contributed by atoms with E-state index in [4.69, 9.17) is 14.2 Å². The highest BCUT2D eigenvalue weighted by atomic mass is 16.5. The third-order valence-corrected chi connectivity index (χ3v) is 4.58. The molecule has 3 aromatic rings. The fraction of sp³-hybridized carbons (Fsp3) is 0.250. The number of hydrogen-bond acceptors (Lipinski definition) is 7. The van der Waals surface area contributed by atoms with E-state index >= 15 is 0 Å². The van der Waals surface area contributed by atoms with Crippen LogP contribution in [0.1, 0.15) is 12.1 Å². The summed E-state index contributed by atoms with van der Waals surface area (Å²) in [4.78, 5) is 27.2. The lowest BCUT2D eigenvalue weighted by atomic mass is 10.2. The van der Waals surface area contributed by atoms with Crippen LogP contribution in [0.15, 0.2) is 66.0 Å². The van der Waals surface area contributed by atoms with Crippen LogP contribution in [0.25, 0.3) is 11.4 Å². The first-order valence-electron chi connectivity index (χ1n) is 10.4. The summed E-state index contributed by atoms with van der Waals surface area (Å²) in [5.74, 6) is 1.88. The molecule has 1 amide bonds. The largest absolute Gasteiger partial charge is 0.493 e. The average molecular weight is 450 g/mol. The summed E-state index contributed by atoms with van der Waals surface area (Å²) < 4.78 is 16.4. The summed E-state index contributed by atoms with van der Waals surface area (Å²) in [6.45, 7) is 4.67. The van der Waals surface area contributed by atoms with Crippen molar-refractivity contribution < 1.29 is 19.0 Å². The molecule has 0 bridgehead atoms. The lowest BCUT2D eigenvalue weighted by molar-refractivity contribution is -0.121. The Morgan fingerprint density at radius 1 is 1.12 bits per heavy atom. The topological polar surface area (TPSA) is 115 Å². The number of amides is 1. The van der Waals surface area contributed by atoms with E-state index in [-0.39, 0.29) is 24.4 Å². The zero-order valence-electron chi connectivity index (χ0n) is 18.4. The molecule has 2 N–H and O–H groups in total. The number of para-hydroxylation sites is 1. The number of methoxy groups -OCH3 is 1. The van der Waals surface area contributed by atoms with Crippen LogP contribution < -0.4 is 25.1 Å². The highest BCUT2D eigenvalue weighted by Gasteiger charge is 2.12. The summed E-state index contributed by atoms with van der Waals surface area (Å²) >= 11 is 0. The molecule has 0 unspecified atom stereocenters. The fourth-order valence-electron chi connectivity index (χ4n) is 2.93. The predicted octanol–water partition coefficient (Wildman–Crippen LogP) is 2.53. The van der Waals surface area contributed by atoms with Gasteiger partial charge >= 0.3 is 0 Å². The number of nitrogens with zero attached hydrogens (tertiary/aromatic N) is 2. The molecular formula is C24H26N4O5. The number of aromatic amines is 1. The van der Waals surface area contributed by atoms with Crippen molar-refractivity contribution >= 4 is 5.91 Å². The number of hydrogen-bond donors (Lipinski definition) is 2. The van der Waals surface area contributed by atoms with Crippen molar-refractivity contribution in [1.29, 1.82) is 0 Å².